The zero-order valence-corrected chi connectivity index (χ0v) is 16.4. The minimum absolute atomic E-state index is 0.0763. The van der Waals surface area contributed by atoms with Gasteiger partial charge in [0.2, 0.25) is 5.91 Å². The molecule has 1 saturated carbocycles. The van der Waals surface area contributed by atoms with Gasteiger partial charge >= 0.3 is 0 Å². The molecule has 1 aromatic heterocycles. The van der Waals surface area contributed by atoms with E-state index >= 15 is 0 Å². The summed E-state index contributed by atoms with van der Waals surface area (Å²) in [7, 11) is 0. The predicted octanol–water partition coefficient (Wildman–Crippen LogP) is 4.63. The minimum atomic E-state index is 0.0763. The molecule has 1 aliphatic carbocycles. The van der Waals surface area contributed by atoms with Gasteiger partial charge in [0, 0.05) is 24.5 Å². The van der Waals surface area contributed by atoms with Crippen LogP contribution in [-0.2, 0) is 15.3 Å². The lowest BCUT2D eigenvalue weighted by Crippen LogP contribution is -2.51. The fourth-order valence-electron chi connectivity index (χ4n) is 4.89. The number of fused-ring (bicyclic) bond motifs is 1. The van der Waals surface area contributed by atoms with E-state index in [1.54, 1.807) is 12.5 Å². The summed E-state index contributed by atoms with van der Waals surface area (Å²) in [6.07, 6.45) is 14.7. The summed E-state index contributed by atoms with van der Waals surface area (Å²) in [6, 6.07) is 2.33. The Labute approximate surface area is 161 Å². The van der Waals surface area contributed by atoms with Gasteiger partial charge in [0.05, 0.1) is 29.9 Å². The molecule has 0 spiro atoms. The van der Waals surface area contributed by atoms with Gasteiger partial charge in [-0.3, -0.25) is 4.79 Å². The summed E-state index contributed by atoms with van der Waals surface area (Å²) >= 11 is 1.82. The Morgan fingerprint density at radius 3 is 2.88 bits per heavy atom. The molecule has 3 aliphatic rings. The number of nitrogens with zero attached hydrogens (tertiary/aromatic N) is 1. The van der Waals surface area contributed by atoms with Crippen LogP contribution in [0.25, 0.3) is 0 Å². The molecule has 5 heteroatoms. The van der Waals surface area contributed by atoms with Crippen molar-refractivity contribution in [3.8, 4) is 0 Å². The van der Waals surface area contributed by atoms with Gasteiger partial charge in [0.15, 0.2) is 0 Å². The zero-order chi connectivity index (χ0) is 17.8. The Bertz CT molecular complexity index is 570. The number of rotatable bonds is 6. The van der Waals surface area contributed by atoms with Crippen LogP contribution in [0.5, 0.6) is 0 Å². The molecule has 3 unspecified atom stereocenters. The Morgan fingerprint density at radius 2 is 2.08 bits per heavy atom. The number of hydrogen-bond acceptors (Lipinski definition) is 4. The number of carbonyl (C=O) groups is 1. The van der Waals surface area contributed by atoms with Crippen molar-refractivity contribution in [2.45, 2.75) is 80.9 Å². The summed E-state index contributed by atoms with van der Waals surface area (Å²) in [5.41, 5.74) is 1.18. The molecule has 1 amide bonds. The normalized spacial score (nSPS) is 28.1. The molecular formula is C21H31NO3S. The lowest BCUT2D eigenvalue weighted by atomic mass is 9.85. The highest BCUT2D eigenvalue weighted by Gasteiger charge is 2.40. The lowest BCUT2D eigenvalue weighted by molar-refractivity contribution is -0.136. The van der Waals surface area contributed by atoms with Crippen LogP contribution in [0.4, 0.5) is 0 Å². The highest BCUT2D eigenvalue weighted by molar-refractivity contribution is 7.99. The molecule has 3 heterocycles. The van der Waals surface area contributed by atoms with E-state index in [9.17, 15) is 4.79 Å². The molecule has 0 radical (unpaired) electrons. The molecule has 4 rings (SSSR count). The first-order valence-electron chi connectivity index (χ1n) is 10.4. The van der Waals surface area contributed by atoms with Gasteiger partial charge in [-0.2, -0.15) is 0 Å². The molecule has 1 aromatic rings. The third-order valence-corrected chi connectivity index (χ3v) is 7.62. The summed E-state index contributed by atoms with van der Waals surface area (Å²) in [5, 5.41) is 0.0763. The smallest absolute Gasteiger partial charge is 0.236 e. The second-order valence-corrected chi connectivity index (χ2v) is 9.30. The number of ether oxygens (including phenoxy) is 1. The van der Waals surface area contributed by atoms with Crippen LogP contribution in [0.15, 0.2) is 23.0 Å². The third kappa shape index (κ3) is 4.30. The Balaban J connectivity index is 1.43. The number of likely N-dealkylation sites (tertiary alicyclic amines) is 1. The van der Waals surface area contributed by atoms with Crippen molar-refractivity contribution in [2.24, 2.45) is 5.92 Å². The number of piperidine rings is 1. The molecule has 0 aromatic carbocycles. The molecule has 0 bridgehead atoms. The van der Waals surface area contributed by atoms with Crippen molar-refractivity contribution in [1.82, 2.24) is 4.90 Å². The Morgan fingerprint density at radius 1 is 1.19 bits per heavy atom. The third-order valence-electron chi connectivity index (χ3n) is 6.32. The molecule has 2 saturated heterocycles. The van der Waals surface area contributed by atoms with Gasteiger partial charge in [0.25, 0.3) is 0 Å². The molecule has 3 fully saturated rings. The highest BCUT2D eigenvalue weighted by atomic mass is 32.2. The number of furan rings is 1. The Kier molecular flexibility index (Phi) is 6.26. The molecule has 144 valence electrons. The van der Waals surface area contributed by atoms with E-state index in [1.165, 1.54) is 37.7 Å². The molecule has 0 N–H and O–H groups in total. The second-order valence-electron chi connectivity index (χ2n) is 8.11. The van der Waals surface area contributed by atoms with E-state index in [0.717, 1.165) is 50.5 Å². The van der Waals surface area contributed by atoms with Crippen molar-refractivity contribution in [3.63, 3.8) is 0 Å². The first kappa shape index (κ1) is 18.4. The lowest BCUT2D eigenvalue weighted by Gasteiger charge is -2.39. The van der Waals surface area contributed by atoms with Gasteiger partial charge in [-0.05, 0) is 37.7 Å². The van der Waals surface area contributed by atoms with Gasteiger partial charge in [-0.15, -0.1) is 11.8 Å². The average Bonchev–Trinajstić information content (AvgIpc) is 3.36. The summed E-state index contributed by atoms with van der Waals surface area (Å²) < 4.78 is 11.1. The number of thioether (sulfide) groups is 1. The van der Waals surface area contributed by atoms with E-state index < -0.39 is 0 Å². The van der Waals surface area contributed by atoms with Crippen LogP contribution in [-0.4, -0.2) is 41.4 Å². The van der Waals surface area contributed by atoms with Crippen LogP contribution in [0.3, 0.4) is 0 Å². The van der Waals surface area contributed by atoms with Gasteiger partial charge < -0.3 is 14.1 Å². The minimum Gasteiger partial charge on any atom is -0.472 e. The van der Waals surface area contributed by atoms with E-state index in [2.05, 4.69) is 4.90 Å². The molecule has 26 heavy (non-hydrogen) atoms. The number of amides is 1. The fourth-order valence-corrected chi connectivity index (χ4v) is 6.14. The van der Waals surface area contributed by atoms with Crippen molar-refractivity contribution in [2.75, 3.05) is 13.2 Å². The predicted molar refractivity (Wildman–Crippen MR) is 104 cm³/mol. The largest absolute Gasteiger partial charge is 0.472 e. The second kappa shape index (κ2) is 8.83. The maximum Gasteiger partial charge on any atom is 0.236 e. The van der Waals surface area contributed by atoms with Crippen LogP contribution in [0.1, 0.15) is 63.4 Å². The summed E-state index contributed by atoms with van der Waals surface area (Å²) in [5.74, 6) is 1.94. The van der Waals surface area contributed by atoms with Gasteiger partial charge in [-0.1, -0.05) is 32.1 Å². The first-order valence-corrected chi connectivity index (χ1v) is 11.4. The van der Waals surface area contributed by atoms with Crippen molar-refractivity contribution < 1.29 is 13.9 Å². The Hall–Kier alpha value is -0.940. The summed E-state index contributed by atoms with van der Waals surface area (Å²) in [4.78, 5) is 15.7. The van der Waals surface area contributed by atoms with E-state index in [-0.39, 0.29) is 11.4 Å². The van der Waals surface area contributed by atoms with Gasteiger partial charge in [-0.25, -0.2) is 0 Å². The maximum atomic E-state index is 13.5. The topological polar surface area (TPSA) is 42.7 Å². The number of carbonyl (C=O) groups excluding carboxylic acids is 1. The monoisotopic (exact) mass is 377 g/mol. The maximum absolute atomic E-state index is 13.5. The SMILES string of the molecule is O=C(C(CC1CCCCC1)SCc1ccoc1)N1CCCC2OCCC21. The highest BCUT2D eigenvalue weighted by Crippen LogP contribution is 2.35. The first-order chi connectivity index (χ1) is 12.8. The molecule has 3 atom stereocenters. The molecule has 4 nitrogen and oxygen atoms in total. The van der Waals surface area contributed by atoms with E-state index in [1.807, 2.05) is 17.8 Å². The van der Waals surface area contributed by atoms with Crippen LogP contribution in [0, 0.1) is 5.92 Å². The van der Waals surface area contributed by atoms with E-state index in [0.29, 0.717) is 11.9 Å². The zero-order valence-electron chi connectivity index (χ0n) is 15.6. The average molecular weight is 378 g/mol. The standard InChI is InChI=1S/C21H31NO3S/c23-21(22-10-4-7-19-18(22)9-12-25-19)20(13-16-5-2-1-3-6-16)26-15-17-8-11-24-14-17/h8,11,14,16,18-20H,1-7,9-10,12-13,15H2. The summed E-state index contributed by atoms with van der Waals surface area (Å²) in [6.45, 7) is 1.73. The van der Waals surface area contributed by atoms with Crippen LogP contribution >= 0.6 is 11.8 Å². The van der Waals surface area contributed by atoms with Crippen LogP contribution in [0.2, 0.25) is 0 Å². The quantitative estimate of drug-likeness (QED) is 0.725. The molecular weight excluding hydrogens is 346 g/mol. The van der Waals surface area contributed by atoms with Crippen molar-refractivity contribution in [3.05, 3.63) is 24.2 Å². The van der Waals surface area contributed by atoms with Crippen molar-refractivity contribution in [1.29, 1.82) is 0 Å². The van der Waals surface area contributed by atoms with E-state index in [4.69, 9.17) is 9.15 Å². The van der Waals surface area contributed by atoms with Crippen molar-refractivity contribution >= 4 is 17.7 Å². The fraction of sp³-hybridized carbons (Fsp3) is 0.762. The molecule has 2 aliphatic heterocycles. The van der Waals surface area contributed by atoms with Gasteiger partial charge in [0.1, 0.15) is 0 Å². The van der Waals surface area contributed by atoms with Crippen LogP contribution < -0.4 is 0 Å². The number of hydrogen-bond donors (Lipinski definition) is 0.